The zero-order chi connectivity index (χ0) is 11.5. The first kappa shape index (κ1) is 11.6. The maximum absolute atomic E-state index is 5.65. The normalized spacial score (nSPS) is 17.8. The first-order valence-electron chi connectivity index (χ1n) is 5.75. The van der Waals surface area contributed by atoms with Crippen LogP contribution in [-0.4, -0.2) is 23.0 Å². The van der Waals surface area contributed by atoms with Gasteiger partial charge in [0.15, 0.2) is 0 Å². The molecular weight excluding hydrogens is 216 g/mol. The Labute approximate surface area is 102 Å². The molecular formula is C13H18N2S. The molecule has 2 N–H and O–H groups in total. The average Bonchev–Trinajstić information content (AvgIpc) is 2.28. The molecule has 1 aliphatic heterocycles. The largest absolute Gasteiger partial charge is 0.393 e. The minimum atomic E-state index is 0.306. The van der Waals surface area contributed by atoms with Crippen LogP contribution in [0.1, 0.15) is 18.1 Å². The molecule has 3 heteroatoms. The second kappa shape index (κ2) is 4.93. The van der Waals surface area contributed by atoms with E-state index < -0.39 is 0 Å². The van der Waals surface area contributed by atoms with Crippen molar-refractivity contribution in [2.24, 2.45) is 11.7 Å². The van der Waals surface area contributed by atoms with Crippen molar-refractivity contribution < 1.29 is 0 Å². The van der Waals surface area contributed by atoms with E-state index in [1.54, 1.807) is 0 Å². The van der Waals surface area contributed by atoms with E-state index in [-0.39, 0.29) is 0 Å². The second-order valence-corrected chi connectivity index (χ2v) is 5.03. The van der Waals surface area contributed by atoms with Gasteiger partial charge in [-0.2, -0.15) is 0 Å². The molecule has 2 rings (SSSR count). The second-order valence-electron chi connectivity index (χ2n) is 4.56. The van der Waals surface area contributed by atoms with E-state index in [2.05, 4.69) is 36.1 Å². The molecule has 1 aliphatic rings. The van der Waals surface area contributed by atoms with Gasteiger partial charge in [0, 0.05) is 25.6 Å². The van der Waals surface area contributed by atoms with Crippen molar-refractivity contribution in [2.45, 2.75) is 19.9 Å². The predicted octanol–water partition coefficient (Wildman–Crippen LogP) is 1.97. The van der Waals surface area contributed by atoms with Crippen molar-refractivity contribution in [2.75, 3.05) is 13.1 Å². The van der Waals surface area contributed by atoms with E-state index in [0.29, 0.717) is 10.9 Å². The lowest BCUT2D eigenvalue weighted by molar-refractivity contribution is 0.240. The zero-order valence-corrected chi connectivity index (χ0v) is 10.5. The van der Waals surface area contributed by atoms with Crippen molar-refractivity contribution >= 4 is 17.2 Å². The van der Waals surface area contributed by atoms with Crippen LogP contribution in [0.15, 0.2) is 24.3 Å². The number of benzene rings is 1. The Hall–Kier alpha value is -0.930. The van der Waals surface area contributed by atoms with Crippen LogP contribution in [0, 0.1) is 5.92 Å². The van der Waals surface area contributed by atoms with E-state index in [4.69, 9.17) is 18.0 Å². The molecule has 0 aromatic heterocycles. The highest BCUT2D eigenvalue weighted by atomic mass is 32.1. The number of rotatable bonds is 3. The molecule has 1 aromatic carbocycles. The fraction of sp³-hybridized carbons (Fsp3) is 0.462. The third kappa shape index (κ3) is 2.60. The Balaban J connectivity index is 2.00. The summed E-state index contributed by atoms with van der Waals surface area (Å²) < 4.78 is 0. The molecule has 0 radical (unpaired) electrons. The molecule has 0 amide bonds. The number of fused-ring (bicyclic) bond motifs is 1. The lowest BCUT2D eigenvalue weighted by atomic mass is 9.99. The zero-order valence-electron chi connectivity index (χ0n) is 9.65. The Kier molecular flexibility index (Phi) is 3.56. The van der Waals surface area contributed by atoms with Gasteiger partial charge >= 0.3 is 0 Å². The van der Waals surface area contributed by atoms with Gasteiger partial charge in [0.05, 0.1) is 4.99 Å². The van der Waals surface area contributed by atoms with Crippen LogP contribution in [0.4, 0.5) is 0 Å². The van der Waals surface area contributed by atoms with E-state index >= 15 is 0 Å². The van der Waals surface area contributed by atoms with Gasteiger partial charge < -0.3 is 5.73 Å². The summed E-state index contributed by atoms with van der Waals surface area (Å²) in [6, 6.07) is 8.67. The van der Waals surface area contributed by atoms with Crippen molar-refractivity contribution in [3.05, 3.63) is 35.4 Å². The van der Waals surface area contributed by atoms with Crippen LogP contribution in [0.5, 0.6) is 0 Å². The van der Waals surface area contributed by atoms with Crippen LogP contribution >= 0.6 is 12.2 Å². The molecule has 0 bridgehead atoms. The Bertz CT molecular complexity index is 389. The highest BCUT2D eigenvalue weighted by molar-refractivity contribution is 7.80. The summed E-state index contributed by atoms with van der Waals surface area (Å²) in [7, 11) is 0. The molecule has 0 saturated carbocycles. The third-order valence-corrected chi connectivity index (χ3v) is 3.63. The van der Waals surface area contributed by atoms with E-state index in [0.717, 1.165) is 26.1 Å². The summed E-state index contributed by atoms with van der Waals surface area (Å²) >= 11 is 5.02. The standard InChI is InChI=1S/C13H18N2S/c1-10(13(14)16)8-15-7-6-11-4-2-3-5-12(11)9-15/h2-5,10H,6-9H2,1H3,(H2,14,16). The lowest BCUT2D eigenvalue weighted by Gasteiger charge is -2.30. The molecule has 0 aliphatic carbocycles. The molecule has 86 valence electrons. The quantitative estimate of drug-likeness (QED) is 0.811. The van der Waals surface area contributed by atoms with Gasteiger partial charge in [-0.25, -0.2) is 0 Å². The minimum Gasteiger partial charge on any atom is -0.393 e. The number of thiocarbonyl (C=S) groups is 1. The van der Waals surface area contributed by atoms with Gasteiger partial charge in [0.2, 0.25) is 0 Å². The summed E-state index contributed by atoms with van der Waals surface area (Å²) in [6.07, 6.45) is 1.14. The fourth-order valence-corrected chi connectivity index (χ4v) is 2.26. The summed E-state index contributed by atoms with van der Waals surface area (Å²) in [4.78, 5) is 3.06. The highest BCUT2D eigenvalue weighted by Gasteiger charge is 2.18. The molecule has 1 unspecified atom stereocenters. The molecule has 2 nitrogen and oxygen atoms in total. The molecule has 0 saturated heterocycles. The summed E-state index contributed by atoms with van der Waals surface area (Å²) in [5.74, 6) is 0.306. The van der Waals surface area contributed by atoms with Crippen molar-refractivity contribution in [1.82, 2.24) is 4.90 Å². The Morgan fingerprint density at radius 2 is 2.12 bits per heavy atom. The minimum absolute atomic E-state index is 0.306. The lowest BCUT2D eigenvalue weighted by Crippen LogP contribution is -2.37. The van der Waals surface area contributed by atoms with Crippen molar-refractivity contribution in [1.29, 1.82) is 0 Å². The molecule has 1 atom stereocenters. The van der Waals surface area contributed by atoms with Gasteiger partial charge in [-0.1, -0.05) is 43.4 Å². The highest BCUT2D eigenvalue weighted by Crippen LogP contribution is 2.19. The van der Waals surface area contributed by atoms with Crippen LogP contribution in [-0.2, 0) is 13.0 Å². The summed E-state index contributed by atoms with van der Waals surface area (Å²) in [5, 5.41) is 0. The van der Waals surface area contributed by atoms with Gasteiger partial charge in [0.25, 0.3) is 0 Å². The van der Waals surface area contributed by atoms with E-state index in [9.17, 15) is 0 Å². The van der Waals surface area contributed by atoms with Crippen LogP contribution < -0.4 is 5.73 Å². The molecule has 0 fully saturated rings. The number of nitrogens with two attached hydrogens (primary N) is 1. The van der Waals surface area contributed by atoms with Crippen molar-refractivity contribution in [3.8, 4) is 0 Å². The molecule has 16 heavy (non-hydrogen) atoms. The average molecular weight is 234 g/mol. The third-order valence-electron chi connectivity index (χ3n) is 3.23. The number of hydrogen-bond acceptors (Lipinski definition) is 2. The first-order chi connectivity index (χ1) is 7.66. The predicted molar refractivity (Wildman–Crippen MR) is 71.4 cm³/mol. The van der Waals surface area contributed by atoms with Gasteiger partial charge in [-0.3, -0.25) is 4.90 Å². The maximum atomic E-state index is 5.65. The summed E-state index contributed by atoms with van der Waals surface area (Å²) in [5.41, 5.74) is 8.59. The molecule has 0 spiro atoms. The summed E-state index contributed by atoms with van der Waals surface area (Å²) in [6.45, 7) is 5.22. The molecule has 1 aromatic rings. The molecule has 1 heterocycles. The SMILES string of the molecule is CC(CN1CCc2ccccc2C1)C(N)=S. The van der Waals surface area contributed by atoms with Crippen LogP contribution in [0.3, 0.4) is 0 Å². The Morgan fingerprint density at radius 3 is 2.81 bits per heavy atom. The van der Waals surface area contributed by atoms with E-state index in [1.807, 2.05) is 0 Å². The fourth-order valence-electron chi connectivity index (χ4n) is 2.19. The Morgan fingerprint density at radius 1 is 1.44 bits per heavy atom. The maximum Gasteiger partial charge on any atom is 0.0768 e. The van der Waals surface area contributed by atoms with Gasteiger partial charge in [0.1, 0.15) is 0 Å². The van der Waals surface area contributed by atoms with Gasteiger partial charge in [-0.05, 0) is 17.5 Å². The van der Waals surface area contributed by atoms with Crippen LogP contribution in [0.25, 0.3) is 0 Å². The number of nitrogens with zero attached hydrogens (tertiary/aromatic N) is 1. The topological polar surface area (TPSA) is 29.3 Å². The van der Waals surface area contributed by atoms with Crippen molar-refractivity contribution in [3.63, 3.8) is 0 Å². The monoisotopic (exact) mass is 234 g/mol. The first-order valence-corrected chi connectivity index (χ1v) is 6.16. The van der Waals surface area contributed by atoms with Crippen LogP contribution in [0.2, 0.25) is 0 Å². The van der Waals surface area contributed by atoms with Gasteiger partial charge in [-0.15, -0.1) is 0 Å². The number of hydrogen-bond donors (Lipinski definition) is 1. The smallest absolute Gasteiger partial charge is 0.0768 e. The van der Waals surface area contributed by atoms with E-state index in [1.165, 1.54) is 11.1 Å².